The minimum absolute atomic E-state index is 0.293. The molecule has 1 aromatic carbocycles. The Labute approximate surface area is 202 Å². The van der Waals surface area contributed by atoms with Crippen molar-refractivity contribution in [1.82, 2.24) is 19.4 Å². The van der Waals surface area contributed by atoms with Crippen LogP contribution in [0.1, 0.15) is 49.1 Å². The van der Waals surface area contributed by atoms with E-state index in [0.29, 0.717) is 24.0 Å². The minimum atomic E-state index is 0.293. The lowest BCUT2D eigenvalue weighted by Gasteiger charge is -2.30. The van der Waals surface area contributed by atoms with Gasteiger partial charge in [0.1, 0.15) is 5.75 Å². The summed E-state index contributed by atoms with van der Waals surface area (Å²) >= 11 is 1.72. The number of hydrogen-bond acceptors (Lipinski definition) is 8. The summed E-state index contributed by atoms with van der Waals surface area (Å²) in [6.45, 7) is 2.53. The molecule has 180 valence electrons. The molecule has 1 saturated carbocycles. The molecule has 1 aromatic heterocycles. The van der Waals surface area contributed by atoms with Crippen molar-refractivity contribution in [3.05, 3.63) is 65.1 Å². The third-order valence-corrected chi connectivity index (χ3v) is 7.13. The molecule has 8 heteroatoms. The summed E-state index contributed by atoms with van der Waals surface area (Å²) in [5.41, 5.74) is 10.8. The van der Waals surface area contributed by atoms with Crippen LogP contribution >= 0.6 is 11.9 Å². The summed E-state index contributed by atoms with van der Waals surface area (Å²) in [6.07, 6.45) is 6.31. The highest BCUT2D eigenvalue weighted by Gasteiger charge is 2.19. The molecule has 1 fully saturated rings. The van der Waals surface area contributed by atoms with Crippen molar-refractivity contribution < 1.29 is 4.74 Å². The van der Waals surface area contributed by atoms with Gasteiger partial charge in [0.05, 0.1) is 35.4 Å². The van der Waals surface area contributed by atoms with Gasteiger partial charge < -0.3 is 15.5 Å². The molecule has 1 heterocycles. The zero-order valence-corrected chi connectivity index (χ0v) is 21.1. The first-order chi connectivity index (χ1) is 15.8. The molecule has 4 N–H and O–H groups in total. The Morgan fingerprint density at radius 3 is 2.39 bits per heavy atom. The van der Waals surface area contributed by atoms with E-state index in [4.69, 9.17) is 21.3 Å². The van der Waals surface area contributed by atoms with Crippen molar-refractivity contribution in [2.24, 2.45) is 11.6 Å². The second-order valence-electron chi connectivity index (χ2n) is 8.67. The number of aromatic nitrogens is 1. The van der Waals surface area contributed by atoms with Crippen LogP contribution in [0.15, 0.2) is 48.2 Å². The van der Waals surface area contributed by atoms with Gasteiger partial charge in [-0.3, -0.25) is 0 Å². The lowest BCUT2D eigenvalue weighted by atomic mass is 9.98. The third-order valence-electron chi connectivity index (χ3n) is 6.02. The van der Waals surface area contributed by atoms with Gasteiger partial charge in [-0.1, -0.05) is 48.7 Å². The summed E-state index contributed by atoms with van der Waals surface area (Å²) < 4.78 is 8.32. The van der Waals surface area contributed by atoms with E-state index in [1.54, 1.807) is 24.0 Å². The standard InChI is InChI=1S/C25H38N6OS/c1-19-24(32-21-13-9-6-10-14-21)16-15-22(28-19)25(26)23(30(3)27)17-29(2)31(4)33-18-20-11-7-5-8-12-20/h5,7-8,11-12,15-16,21H,6,9-10,13-14,17-18,26-27H2,1-4H3/b25-23-. The Hall–Kier alpha value is -2.26. The predicted octanol–water partition coefficient (Wildman–Crippen LogP) is 4.16. The molecule has 1 aliphatic carbocycles. The molecule has 0 unspecified atom stereocenters. The average Bonchev–Trinajstić information content (AvgIpc) is 2.82. The van der Waals surface area contributed by atoms with E-state index in [9.17, 15) is 0 Å². The van der Waals surface area contributed by atoms with Crippen molar-refractivity contribution in [3.63, 3.8) is 0 Å². The van der Waals surface area contributed by atoms with Crippen molar-refractivity contribution in [2.45, 2.75) is 50.9 Å². The van der Waals surface area contributed by atoms with Gasteiger partial charge >= 0.3 is 0 Å². The van der Waals surface area contributed by atoms with Gasteiger partial charge in [-0.2, -0.15) is 4.41 Å². The van der Waals surface area contributed by atoms with Crippen LogP contribution in [0, 0.1) is 6.92 Å². The summed E-state index contributed by atoms with van der Waals surface area (Å²) in [5.74, 6) is 7.90. The highest BCUT2D eigenvalue weighted by atomic mass is 32.2. The molecule has 0 bridgehead atoms. The Kier molecular flexibility index (Phi) is 9.43. The third kappa shape index (κ3) is 7.37. The maximum Gasteiger partial charge on any atom is 0.140 e. The Balaban J connectivity index is 1.67. The lowest BCUT2D eigenvalue weighted by molar-refractivity contribution is 0.138. The molecule has 2 aromatic rings. The average molecular weight is 471 g/mol. The van der Waals surface area contributed by atoms with Gasteiger partial charge in [0.15, 0.2) is 0 Å². The van der Waals surface area contributed by atoms with Crippen molar-refractivity contribution in [3.8, 4) is 5.75 Å². The number of hydrogen-bond donors (Lipinski definition) is 2. The van der Waals surface area contributed by atoms with Gasteiger partial charge in [-0.15, -0.1) is 0 Å². The van der Waals surface area contributed by atoms with E-state index < -0.39 is 0 Å². The van der Waals surface area contributed by atoms with Gasteiger partial charge in [-0.05, 0) is 50.3 Å². The minimum Gasteiger partial charge on any atom is -0.489 e. The van der Waals surface area contributed by atoms with E-state index in [2.05, 4.69) is 33.7 Å². The molecule has 0 spiro atoms. The maximum absolute atomic E-state index is 6.56. The highest BCUT2D eigenvalue weighted by molar-refractivity contribution is 7.96. The number of likely N-dealkylation sites (N-methyl/N-ethyl adjacent to an activating group) is 2. The summed E-state index contributed by atoms with van der Waals surface area (Å²) in [6, 6.07) is 14.3. The molecule has 0 aliphatic heterocycles. The van der Waals surface area contributed by atoms with Crippen LogP contribution < -0.4 is 16.3 Å². The van der Waals surface area contributed by atoms with E-state index in [1.807, 2.05) is 39.2 Å². The fourth-order valence-electron chi connectivity index (χ4n) is 3.88. The Morgan fingerprint density at radius 2 is 1.76 bits per heavy atom. The first-order valence-electron chi connectivity index (χ1n) is 11.6. The van der Waals surface area contributed by atoms with Crippen LogP contribution in [0.3, 0.4) is 0 Å². The van der Waals surface area contributed by atoms with Crippen LogP contribution in [0.5, 0.6) is 5.75 Å². The van der Waals surface area contributed by atoms with E-state index in [0.717, 1.165) is 35.7 Å². The Bertz CT molecular complexity index is 914. The van der Waals surface area contributed by atoms with E-state index in [1.165, 1.54) is 24.8 Å². The Morgan fingerprint density at radius 1 is 1.06 bits per heavy atom. The summed E-state index contributed by atoms with van der Waals surface area (Å²) in [4.78, 5) is 4.74. The number of pyridine rings is 1. The first-order valence-corrected chi connectivity index (χ1v) is 12.5. The van der Waals surface area contributed by atoms with Crippen LogP contribution in [0.4, 0.5) is 0 Å². The number of nitrogens with zero attached hydrogens (tertiary/aromatic N) is 4. The largest absolute Gasteiger partial charge is 0.489 e. The predicted molar refractivity (Wildman–Crippen MR) is 138 cm³/mol. The number of aryl methyl sites for hydroxylation is 1. The van der Waals surface area contributed by atoms with Crippen molar-refractivity contribution >= 4 is 17.6 Å². The number of hydrazine groups is 2. The quantitative estimate of drug-likeness (QED) is 0.304. The van der Waals surface area contributed by atoms with Crippen LogP contribution in [0.2, 0.25) is 0 Å². The van der Waals surface area contributed by atoms with Crippen LogP contribution in [0.25, 0.3) is 5.70 Å². The maximum atomic E-state index is 6.56. The SMILES string of the molecule is Cc1nc(/C(N)=C(\CN(C)N(C)SCc2ccccc2)N(C)N)ccc1OC1CCCCC1. The molecule has 0 saturated heterocycles. The molecule has 0 amide bonds. The zero-order valence-electron chi connectivity index (χ0n) is 20.3. The second kappa shape index (κ2) is 12.3. The van der Waals surface area contributed by atoms with Crippen molar-refractivity contribution in [2.75, 3.05) is 27.7 Å². The fourth-order valence-corrected chi connectivity index (χ4v) is 4.66. The van der Waals surface area contributed by atoms with Gasteiger partial charge in [-0.25, -0.2) is 15.8 Å². The van der Waals surface area contributed by atoms with E-state index >= 15 is 0 Å². The topological polar surface area (TPSA) is 83.9 Å². The molecular weight excluding hydrogens is 432 g/mol. The number of rotatable bonds is 10. The molecule has 0 atom stereocenters. The summed E-state index contributed by atoms with van der Waals surface area (Å²) in [7, 11) is 5.87. The highest BCUT2D eigenvalue weighted by Crippen LogP contribution is 2.26. The molecule has 33 heavy (non-hydrogen) atoms. The normalized spacial score (nSPS) is 15.6. The van der Waals surface area contributed by atoms with Gasteiger partial charge in [0, 0.05) is 26.9 Å². The fraction of sp³-hybridized carbons (Fsp3) is 0.480. The van der Waals surface area contributed by atoms with Crippen LogP contribution in [-0.2, 0) is 5.75 Å². The summed E-state index contributed by atoms with van der Waals surface area (Å²) in [5, 5.41) is 3.66. The molecule has 0 radical (unpaired) electrons. The second-order valence-corrected chi connectivity index (χ2v) is 9.74. The number of benzene rings is 1. The van der Waals surface area contributed by atoms with Gasteiger partial charge in [0.2, 0.25) is 0 Å². The van der Waals surface area contributed by atoms with E-state index in [-0.39, 0.29) is 0 Å². The molecular formula is C25H38N6OS. The monoisotopic (exact) mass is 470 g/mol. The smallest absolute Gasteiger partial charge is 0.140 e. The van der Waals surface area contributed by atoms with Crippen molar-refractivity contribution in [1.29, 1.82) is 0 Å². The number of ether oxygens (including phenoxy) is 1. The molecule has 1 aliphatic rings. The lowest BCUT2D eigenvalue weighted by Crippen LogP contribution is -2.39. The molecule has 7 nitrogen and oxygen atoms in total. The van der Waals surface area contributed by atoms with Gasteiger partial charge in [0.25, 0.3) is 0 Å². The molecule has 3 rings (SSSR count). The number of nitrogens with two attached hydrogens (primary N) is 2. The zero-order chi connectivity index (χ0) is 23.8. The first kappa shape index (κ1) is 25.4. The van der Waals surface area contributed by atoms with Crippen LogP contribution in [-0.4, -0.2) is 53.2 Å².